The highest BCUT2D eigenvalue weighted by atomic mass is 16.5. The average molecular weight is 240 g/mol. The highest BCUT2D eigenvalue weighted by Crippen LogP contribution is 2.27. The first kappa shape index (κ1) is 13.0. The third-order valence-corrected chi connectivity index (χ3v) is 3.93. The van der Waals surface area contributed by atoms with Gasteiger partial charge >= 0.3 is 0 Å². The van der Waals surface area contributed by atoms with E-state index in [9.17, 15) is 4.79 Å². The molecule has 0 N–H and O–H groups in total. The zero-order chi connectivity index (χ0) is 12.1. The van der Waals surface area contributed by atoms with Crippen LogP contribution in [0.1, 0.15) is 19.8 Å². The van der Waals surface area contributed by atoms with Crippen LogP contribution >= 0.6 is 0 Å². The molecule has 0 aliphatic carbocycles. The van der Waals surface area contributed by atoms with Crippen molar-refractivity contribution < 1.29 is 9.53 Å². The monoisotopic (exact) mass is 240 g/mol. The summed E-state index contributed by atoms with van der Waals surface area (Å²) in [5.74, 6) is 0. The van der Waals surface area contributed by atoms with E-state index in [1.54, 1.807) is 0 Å². The normalized spacial score (nSPS) is 31.8. The van der Waals surface area contributed by atoms with Gasteiger partial charge in [-0.2, -0.15) is 0 Å². The second-order valence-corrected chi connectivity index (χ2v) is 5.40. The first-order valence-electron chi connectivity index (χ1n) is 6.77. The van der Waals surface area contributed by atoms with Crippen LogP contribution in [0, 0.1) is 5.41 Å². The van der Waals surface area contributed by atoms with E-state index >= 15 is 0 Å². The van der Waals surface area contributed by atoms with E-state index in [2.05, 4.69) is 16.7 Å². The Morgan fingerprint density at radius 2 is 1.94 bits per heavy atom. The molecule has 0 aromatic heterocycles. The fraction of sp³-hybridized carbons (Fsp3) is 0.923. The van der Waals surface area contributed by atoms with Gasteiger partial charge in [-0.3, -0.25) is 4.90 Å². The minimum atomic E-state index is -0.215. The Labute approximate surface area is 104 Å². The van der Waals surface area contributed by atoms with Crippen molar-refractivity contribution in [3.63, 3.8) is 0 Å². The predicted octanol–water partition coefficient (Wildman–Crippen LogP) is 0.620. The Balaban J connectivity index is 1.79. The number of ether oxygens (including phenoxy) is 1. The number of piperazine rings is 1. The lowest BCUT2D eigenvalue weighted by Crippen LogP contribution is -2.50. The molecule has 1 unspecified atom stereocenters. The van der Waals surface area contributed by atoms with Gasteiger partial charge < -0.3 is 14.4 Å². The summed E-state index contributed by atoms with van der Waals surface area (Å²) in [6, 6.07) is 0. The van der Waals surface area contributed by atoms with E-state index in [0.29, 0.717) is 6.61 Å². The molecule has 0 bridgehead atoms. The van der Waals surface area contributed by atoms with Crippen LogP contribution in [0.3, 0.4) is 0 Å². The molecule has 2 heterocycles. The summed E-state index contributed by atoms with van der Waals surface area (Å²) in [5, 5.41) is 0. The van der Waals surface area contributed by atoms with E-state index < -0.39 is 0 Å². The molecule has 2 fully saturated rings. The molecule has 2 saturated heterocycles. The molecule has 2 aliphatic rings. The zero-order valence-electron chi connectivity index (χ0n) is 10.9. The fourth-order valence-corrected chi connectivity index (χ4v) is 2.81. The van der Waals surface area contributed by atoms with E-state index in [-0.39, 0.29) is 5.41 Å². The van der Waals surface area contributed by atoms with Crippen molar-refractivity contribution in [3.05, 3.63) is 0 Å². The largest absolute Gasteiger partial charge is 0.380 e. The number of carbonyl (C=O) groups is 1. The van der Waals surface area contributed by atoms with Gasteiger partial charge in [0, 0.05) is 39.3 Å². The lowest BCUT2D eigenvalue weighted by molar-refractivity contribution is -0.117. The second kappa shape index (κ2) is 5.94. The Morgan fingerprint density at radius 1 is 1.24 bits per heavy atom. The first-order valence-corrected chi connectivity index (χ1v) is 6.77. The van der Waals surface area contributed by atoms with Crippen LogP contribution < -0.4 is 0 Å². The van der Waals surface area contributed by atoms with Crippen LogP contribution in [0.15, 0.2) is 0 Å². The Kier molecular flexibility index (Phi) is 4.54. The molecule has 1 atom stereocenters. The number of aldehydes is 1. The number of carbonyl (C=O) groups excluding carboxylic acids is 1. The zero-order valence-corrected chi connectivity index (χ0v) is 10.9. The summed E-state index contributed by atoms with van der Waals surface area (Å²) in [7, 11) is 0. The molecule has 17 heavy (non-hydrogen) atoms. The molecule has 0 radical (unpaired) electrons. The summed E-state index contributed by atoms with van der Waals surface area (Å²) in [6.07, 6.45) is 3.25. The molecular weight excluding hydrogens is 216 g/mol. The van der Waals surface area contributed by atoms with Crippen LogP contribution in [-0.4, -0.2) is 68.6 Å². The minimum Gasteiger partial charge on any atom is -0.380 e. The lowest BCUT2D eigenvalue weighted by Gasteiger charge is -2.37. The van der Waals surface area contributed by atoms with Crippen molar-refractivity contribution in [2.75, 3.05) is 52.5 Å². The first-order chi connectivity index (χ1) is 8.28. The average Bonchev–Trinajstić information content (AvgIpc) is 2.81. The number of hydrogen-bond donors (Lipinski definition) is 0. The van der Waals surface area contributed by atoms with Gasteiger partial charge in [0.25, 0.3) is 0 Å². The number of rotatable bonds is 5. The van der Waals surface area contributed by atoms with Gasteiger partial charge in [0.15, 0.2) is 0 Å². The minimum absolute atomic E-state index is 0.215. The van der Waals surface area contributed by atoms with E-state index in [0.717, 1.165) is 52.0 Å². The summed E-state index contributed by atoms with van der Waals surface area (Å²) in [5.41, 5.74) is -0.215. The predicted molar refractivity (Wildman–Crippen MR) is 67.1 cm³/mol. The van der Waals surface area contributed by atoms with Crippen molar-refractivity contribution in [1.82, 2.24) is 9.80 Å². The van der Waals surface area contributed by atoms with Crippen LogP contribution in [0.2, 0.25) is 0 Å². The van der Waals surface area contributed by atoms with Crippen molar-refractivity contribution >= 4 is 6.29 Å². The van der Waals surface area contributed by atoms with Gasteiger partial charge in [-0.25, -0.2) is 0 Å². The molecule has 2 aliphatic heterocycles. The van der Waals surface area contributed by atoms with E-state index in [4.69, 9.17) is 4.74 Å². The van der Waals surface area contributed by atoms with Crippen molar-refractivity contribution in [1.29, 1.82) is 0 Å². The van der Waals surface area contributed by atoms with Crippen LogP contribution in [0.25, 0.3) is 0 Å². The van der Waals surface area contributed by atoms with Gasteiger partial charge in [-0.15, -0.1) is 0 Å². The molecule has 4 heteroatoms. The standard InChI is InChI=1S/C13H24N2O2/c1-2-4-14-5-7-15(8-6-14)10-13(11-16)3-9-17-12-13/h11H,2-10,12H2,1H3. The topological polar surface area (TPSA) is 32.8 Å². The highest BCUT2D eigenvalue weighted by Gasteiger charge is 2.37. The summed E-state index contributed by atoms with van der Waals surface area (Å²) >= 11 is 0. The van der Waals surface area contributed by atoms with Gasteiger partial charge in [-0.1, -0.05) is 6.92 Å². The molecule has 0 spiro atoms. The summed E-state index contributed by atoms with van der Waals surface area (Å²) in [4.78, 5) is 16.2. The lowest BCUT2D eigenvalue weighted by atomic mass is 9.88. The molecular formula is C13H24N2O2. The van der Waals surface area contributed by atoms with Crippen LogP contribution in [0.4, 0.5) is 0 Å². The van der Waals surface area contributed by atoms with Gasteiger partial charge in [0.2, 0.25) is 0 Å². The van der Waals surface area contributed by atoms with Gasteiger partial charge in [0.05, 0.1) is 12.0 Å². The highest BCUT2D eigenvalue weighted by molar-refractivity contribution is 5.60. The van der Waals surface area contributed by atoms with Crippen LogP contribution in [-0.2, 0) is 9.53 Å². The summed E-state index contributed by atoms with van der Waals surface area (Å²) < 4.78 is 5.38. The van der Waals surface area contributed by atoms with Gasteiger partial charge in [-0.05, 0) is 19.4 Å². The second-order valence-electron chi connectivity index (χ2n) is 5.40. The number of nitrogens with zero attached hydrogens (tertiary/aromatic N) is 2. The van der Waals surface area contributed by atoms with Crippen molar-refractivity contribution in [2.24, 2.45) is 5.41 Å². The quantitative estimate of drug-likeness (QED) is 0.660. The van der Waals surface area contributed by atoms with Crippen LogP contribution in [0.5, 0.6) is 0 Å². The van der Waals surface area contributed by atoms with E-state index in [1.807, 2.05) is 0 Å². The maximum absolute atomic E-state index is 11.3. The Hall–Kier alpha value is -0.450. The SMILES string of the molecule is CCCN1CCN(CC2(C=O)CCOC2)CC1. The molecule has 2 rings (SSSR count). The molecule has 0 saturated carbocycles. The van der Waals surface area contributed by atoms with E-state index in [1.165, 1.54) is 13.0 Å². The maximum atomic E-state index is 11.3. The van der Waals surface area contributed by atoms with Gasteiger partial charge in [0.1, 0.15) is 6.29 Å². The smallest absolute Gasteiger partial charge is 0.129 e. The Morgan fingerprint density at radius 3 is 2.47 bits per heavy atom. The summed E-state index contributed by atoms with van der Waals surface area (Å²) in [6.45, 7) is 10.1. The maximum Gasteiger partial charge on any atom is 0.129 e. The molecule has 0 amide bonds. The third-order valence-electron chi connectivity index (χ3n) is 3.93. The molecule has 98 valence electrons. The van der Waals surface area contributed by atoms with Crippen molar-refractivity contribution in [2.45, 2.75) is 19.8 Å². The molecule has 0 aromatic rings. The fourth-order valence-electron chi connectivity index (χ4n) is 2.81. The number of hydrogen-bond acceptors (Lipinski definition) is 4. The third kappa shape index (κ3) is 3.27. The molecule has 4 nitrogen and oxygen atoms in total. The molecule has 0 aromatic carbocycles. The van der Waals surface area contributed by atoms with Crippen molar-refractivity contribution in [3.8, 4) is 0 Å². The Bertz CT molecular complexity index is 244.